The quantitative estimate of drug-likeness (QED) is 0.814. The summed E-state index contributed by atoms with van der Waals surface area (Å²) in [4.78, 5) is 14.5. The molecule has 1 aromatic heterocycles. The molecule has 3 aliphatic heterocycles. The maximum absolute atomic E-state index is 6.00. The molecule has 0 radical (unpaired) electrons. The van der Waals surface area contributed by atoms with E-state index in [1.807, 2.05) is 6.20 Å². The lowest BCUT2D eigenvalue weighted by atomic mass is 9.80. The molecule has 3 aliphatic rings. The first-order chi connectivity index (χ1) is 13.7. The molecule has 28 heavy (non-hydrogen) atoms. The fourth-order valence-corrected chi connectivity index (χ4v) is 4.74. The predicted octanol–water partition coefficient (Wildman–Crippen LogP) is 2.30. The van der Waals surface area contributed by atoms with Gasteiger partial charge in [-0.25, -0.2) is 9.97 Å². The van der Waals surface area contributed by atoms with Crippen LogP contribution in [-0.2, 0) is 28.0 Å². The summed E-state index contributed by atoms with van der Waals surface area (Å²) in [5.41, 5.74) is 5.12. The van der Waals surface area contributed by atoms with E-state index in [9.17, 15) is 0 Å². The highest BCUT2D eigenvalue weighted by Gasteiger charge is 2.45. The zero-order chi connectivity index (χ0) is 19.0. The van der Waals surface area contributed by atoms with Crippen molar-refractivity contribution in [2.75, 3.05) is 50.9 Å². The van der Waals surface area contributed by atoms with Crippen molar-refractivity contribution in [3.63, 3.8) is 0 Å². The van der Waals surface area contributed by atoms with Gasteiger partial charge in [-0.2, -0.15) is 0 Å². The highest BCUT2D eigenvalue weighted by atomic mass is 16.5. The highest BCUT2D eigenvalue weighted by molar-refractivity contribution is 5.39. The van der Waals surface area contributed by atoms with Crippen LogP contribution in [0.3, 0.4) is 0 Å². The van der Waals surface area contributed by atoms with E-state index in [1.54, 1.807) is 0 Å². The number of likely N-dealkylation sites (tertiary alicyclic amines) is 1. The summed E-state index contributed by atoms with van der Waals surface area (Å²) in [6, 6.07) is 8.68. The minimum Gasteiger partial charge on any atom is -0.378 e. The molecule has 0 unspecified atom stereocenters. The third kappa shape index (κ3) is 3.30. The Kier molecular flexibility index (Phi) is 4.78. The SMILES string of the molecule is Cc1ccccc1CN1CC[C@@]2(COCc3cnc(N4CCOCC4)nc32)C1. The molecule has 0 aliphatic carbocycles. The summed E-state index contributed by atoms with van der Waals surface area (Å²) in [6.45, 7) is 9.86. The number of hydrogen-bond acceptors (Lipinski definition) is 6. The minimum atomic E-state index is -0.0136. The maximum atomic E-state index is 6.00. The largest absolute Gasteiger partial charge is 0.378 e. The summed E-state index contributed by atoms with van der Waals surface area (Å²) >= 11 is 0. The Morgan fingerprint density at radius 1 is 1.11 bits per heavy atom. The number of aromatic nitrogens is 2. The number of morpholine rings is 1. The number of aryl methyl sites for hydroxylation is 1. The van der Waals surface area contributed by atoms with E-state index in [2.05, 4.69) is 46.0 Å². The van der Waals surface area contributed by atoms with E-state index >= 15 is 0 Å². The number of fused-ring (bicyclic) bond motifs is 2. The minimum absolute atomic E-state index is 0.0136. The lowest BCUT2D eigenvalue weighted by Gasteiger charge is -2.36. The maximum Gasteiger partial charge on any atom is 0.225 e. The Morgan fingerprint density at radius 2 is 1.96 bits per heavy atom. The molecule has 148 valence electrons. The number of rotatable bonds is 3. The normalized spacial score (nSPS) is 25.2. The van der Waals surface area contributed by atoms with Gasteiger partial charge in [-0.15, -0.1) is 0 Å². The van der Waals surface area contributed by atoms with Gasteiger partial charge in [0.1, 0.15) is 0 Å². The first-order valence-electron chi connectivity index (χ1n) is 10.3. The van der Waals surface area contributed by atoms with Crippen molar-refractivity contribution in [3.8, 4) is 0 Å². The fourth-order valence-electron chi connectivity index (χ4n) is 4.74. The summed E-state index contributed by atoms with van der Waals surface area (Å²) in [5, 5.41) is 0. The van der Waals surface area contributed by atoms with E-state index in [4.69, 9.17) is 14.5 Å². The van der Waals surface area contributed by atoms with E-state index in [-0.39, 0.29) is 5.41 Å². The molecule has 2 saturated heterocycles. The third-order valence-corrected chi connectivity index (χ3v) is 6.37. The van der Waals surface area contributed by atoms with E-state index in [0.29, 0.717) is 6.61 Å². The van der Waals surface area contributed by atoms with Crippen LogP contribution < -0.4 is 4.90 Å². The van der Waals surface area contributed by atoms with Crippen LogP contribution >= 0.6 is 0 Å². The van der Waals surface area contributed by atoms with Crippen LogP contribution in [-0.4, -0.2) is 60.9 Å². The van der Waals surface area contributed by atoms with Crippen molar-refractivity contribution in [2.45, 2.75) is 31.9 Å². The lowest BCUT2D eigenvalue weighted by Crippen LogP contribution is -2.42. The second kappa shape index (κ2) is 7.43. The molecule has 0 N–H and O–H groups in total. The van der Waals surface area contributed by atoms with Crippen molar-refractivity contribution >= 4 is 5.95 Å². The topological polar surface area (TPSA) is 50.7 Å². The zero-order valence-electron chi connectivity index (χ0n) is 16.6. The van der Waals surface area contributed by atoms with Gasteiger partial charge >= 0.3 is 0 Å². The summed E-state index contributed by atoms with van der Waals surface area (Å²) in [7, 11) is 0. The van der Waals surface area contributed by atoms with Crippen LogP contribution in [0.25, 0.3) is 0 Å². The predicted molar refractivity (Wildman–Crippen MR) is 107 cm³/mol. The molecule has 1 spiro atoms. The van der Waals surface area contributed by atoms with Gasteiger partial charge in [0, 0.05) is 37.9 Å². The molecule has 6 heteroatoms. The Hall–Kier alpha value is -2.02. The summed E-state index contributed by atoms with van der Waals surface area (Å²) < 4.78 is 11.5. The lowest BCUT2D eigenvalue weighted by molar-refractivity contribution is 0.0502. The molecular weight excluding hydrogens is 352 g/mol. The van der Waals surface area contributed by atoms with Crippen LogP contribution in [0.15, 0.2) is 30.5 Å². The van der Waals surface area contributed by atoms with Gasteiger partial charge in [0.15, 0.2) is 0 Å². The number of hydrogen-bond donors (Lipinski definition) is 0. The zero-order valence-corrected chi connectivity index (χ0v) is 16.6. The second-order valence-corrected chi connectivity index (χ2v) is 8.30. The molecule has 5 rings (SSSR count). The first-order valence-corrected chi connectivity index (χ1v) is 10.3. The molecule has 0 bridgehead atoms. The highest BCUT2D eigenvalue weighted by Crippen LogP contribution is 2.40. The van der Waals surface area contributed by atoms with Crippen molar-refractivity contribution in [3.05, 3.63) is 52.8 Å². The smallest absolute Gasteiger partial charge is 0.225 e. The number of ether oxygens (including phenoxy) is 2. The Bertz CT molecular complexity index is 852. The molecule has 2 fully saturated rings. The van der Waals surface area contributed by atoms with Gasteiger partial charge in [0.05, 0.1) is 37.5 Å². The molecular formula is C22H28N4O2. The Morgan fingerprint density at radius 3 is 2.82 bits per heavy atom. The van der Waals surface area contributed by atoms with Crippen molar-refractivity contribution in [1.82, 2.24) is 14.9 Å². The van der Waals surface area contributed by atoms with Crippen LogP contribution in [0.1, 0.15) is 28.8 Å². The van der Waals surface area contributed by atoms with Gasteiger partial charge in [-0.1, -0.05) is 24.3 Å². The van der Waals surface area contributed by atoms with Crippen LogP contribution in [0.5, 0.6) is 0 Å². The monoisotopic (exact) mass is 380 g/mol. The van der Waals surface area contributed by atoms with E-state index < -0.39 is 0 Å². The molecule has 1 atom stereocenters. The van der Waals surface area contributed by atoms with E-state index in [0.717, 1.165) is 70.5 Å². The van der Waals surface area contributed by atoms with Gasteiger partial charge in [0.25, 0.3) is 0 Å². The molecule has 0 amide bonds. The fraction of sp³-hybridized carbons (Fsp3) is 0.545. The average molecular weight is 380 g/mol. The summed E-state index contributed by atoms with van der Waals surface area (Å²) in [6.07, 6.45) is 3.07. The number of benzene rings is 1. The van der Waals surface area contributed by atoms with Crippen molar-refractivity contribution in [1.29, 1.82) is 0 Å². The Labute approximate surface area is 166 Å². The van der Waals surface area contributed by atoms with E-state index in [1.165, 1.54) is 16.8 Å². The number of nitrogens with zero attached hydrogens (tertiary/aromatic N) is 4. The van der Waals surface area contributed by atoms with Crippen LogP contribution in [0.2, 0.25) is 0 Å². The van der Waals surface area contributed by atoms with Crippen molar-refractivity contribution < 1.29 is 9.47 Å². The van der Waals surface area contributed by atoms with Gasteiger partial charge in [-0.05, 0) is 31.0 Å². The average Bonchev–Trinajstić information content (AvgIpc) is 3.14. The van der Waals surface area contributed by atoms with Gasteiger partial charge in [-0.3, -0.25) is 4.90 Å². The first kappa shape index (κ1) is 18.0. The molecule has 1 aromatic carbocycles. The van der Waals surface area contributed by atoms with Gasteiger partial charge < -0.3 is 14.4 Å². The number of anilines is 1. The Balaban J connectivity index is 1.40. The third-order valence-electron chi connectivity index (χ3n) is 6.37. The molecule has 6 nitrogen and oxygen atoms in total. The second-order valence-electron chi connectivity index (χ2n) is 8.30. The summed E-state index contributed by atoms with van der Waals surface area (Å²) in [5.74, 6) is 0.848. The van der Waals surface area contributed by atoms with Crippen molar-refractivity contribution in [2.24, 2.45) is 0 Å². The standard InChI is InChI=1S/C22H28N4O2/c1-17-4-2-3-5-18(17)13-25-7-6-22(15-25)16-28-14-19-12-23-21(24-20(19)22)26-8-10-27-11-9-26/h2-5,12H,6-11,13-16H2,1H3/t22-/m0/s1. The molecule has 0 saturated carbocycles. The van der Waals surface area contributed by atoms with Crippen LogP contribution in [0, 0.1) is 6.92 Å². The van der Waals surface area contributed by atoms with Crippen LogP contribution in [0.4, 0.5) is 5.95 Å². The van der Waals surface area contributed by atoms with Gasteiger partial charge in [0.2, 0.25) is 5.95 Å². The molecule has 4 heterocycles. The molecule has 2 aromatic rings.